The highest BCUT2D eigenvalue weighted by Crippen LogP contribution is 2.38. The van der Waals surface area contributed by atoms with Crippen LogP contribution in [0.15, 0.2) is 47.4 Å². The minimum atomic E-state index is -0.343. The zero-order chi connectivity index (χ0) is 20.4. The van der Waals surface area contributed by atoms with Crippen LogP contribution in [0.25, 0.3) is 6.08 Å². The topological polar surface area (TPSA) is 49.9 Å². The zero-order valence-electron chi connectivity index (χ0n) is 16.1. The van der Waals surface area contributed by atoms with Gasteiger partial charge in [-0.3, -0.25) is 9.59 Å². The molecule has 0 aliphatic carbocycles. The van der Waals surface area contributed by atoms with Gasteiger partial charge in [0.1, 0.15) is 5.75 Å². The average molecular weight is 429 g/mol. The third kappa shape index (κ3) is 4.14. The third-order valence-electron chi connectivity index (χ3n) is 5.10. The molecule has 0 spiro atoms. The largest absolute Gasteiger partial charge is 0.496 e. The molecule has 2 amide bonds. The van der Waals surface area contributed by atoms with Crippen molar-refractivity contribution in [3.05, 3.63) is 58.0 Å². The lowest BCUT2D eigenvalue weighted by atomic mass is 10.1. The Morgan fingerprint density at radius 1 is 1.00 bits per heavy atom. The van der Waals surface area contributed by atoms with Crippen molar-refractivity contribution in [2.75, 3.05) is 30.0 Å². The Balaban J connectivity index is 1.61. The number of carbonyl (C=O) groups is 2. The Labute approximate surface area is 179 Å². The normalized spacial score (nSPS) is 18.6. The van der Waals surface area contributed by atoms with Crippen molar-refractivity contribution < 1.29 is 14.3 Å². The summed E-state index contributed by atoms with van der Waals surface area (Å²) < 4.78 is 5.57. The number of hydrogen-bond acceptors (Lipinski definition) is 5. The fourth-order valence-electron chi connectivity index (χ4n) is 3.59. The number of rotatable bonds is 4. The second-order valence-electron chi connectivity index (χ2n) is 6.97. The molecule has 2 aliphatic rings. The predicted octanol–water partition coefficient (Wildman–Crippen LogP) is 5.58. The summed E-state index contributed by atoms with van der Waals surface area (Å²) in [5, 5.41) is 0.224. The molecule has 0 aromatic heterocycles. The van der Waals surface area contributed by atoms with Crippen molar-refractivity contribution in [3.63, 3.8) is 0 Å². The molecule has 2 fully saturated rings. The van der Waals surface area contributed by atoms with E-state index in [4.69, 9.17) is 16.3 Å². The van der Waals surface area contributed by atoms with E-state index >= 15 is 0 Å². The first-order valence-electron chi connectivity index (χ1n) is 9.53. The fraction of sp³-hybridized carbons (Fsp3) is 0.273. The van der Waals surface area contributed by atoms with Gasteiger partial charge in [-0.05, 0) is 73.5 Å². The number of imide groups is 1. The van der Waals surface area contributed by atoms with E-state index in [2.05, 4.69) is 4.90 Å². The lowest BCUT2D eigenvalue weighted by Gasteiger charge is -2.29. The Kier molecular flexibility index (Phi) is 5.83. The van der Waals surface area contributed by atoms with Gasteiger partial charge in [0.05, 0.1) is 17.7 Å². The van der Waals surface area contributed by atoms with Crippen LogP contribution in [0.3, 0.4) is 0 Å². The van der Waals surface area contributed by atoms with Gasteiger partial charge in [0, 0.05) is 35.4 Å². The molecule has 0 unspecified atom stereocenters. The third-order valence-corrected chi connectivity index (χ3v) is 6.22. The molecule has 0 saturated carbocycles. The second kappa shape index (κ2) is 8.51. The van der Waals surface area contributed by atoms with Crippen molar-refractivity contribution in [1.82, 2.24) is 0 Å². The van der Waals surface area contributed by atoms with E-state index in [1.165, 1.54) is 24.2 Å². The Morgan fingerprint density at radius 3 is 2.38 bits per heavy atom. The van der Waals surface area contributed by atoms with Gasteiger partial charge < -0.3 is 9.64 Å². The highest BCUT2D eigenvalue weighted by Gasteiger charge is 2.36. The molecule has 0 bridgehead atoms. The number of methoxy groups -OCH3 is 1. The molecule has 2 aromatic rings. The zero-order valence-corrected chi connectivity index (χ0v) is 17.6. The number of benzene rings is 2. The summed E-state index contributed by atoms with van der Waals surface area (Å²) in [5.41, 5.74) is 2.40. The van der Waals surface area contributed by atoms with E-state index in [0.717, 1.165) is 36.1 Å². The Morgan fingerprint density at radius 2 is 1.69 bits per heavy atom. The van der Waals surface area contributed by atoms with E-state index in [9.17, 15) is 9.59 Å². The van der Waals surface area contributed by atoms with E-state index < -0.39 is 0 Å². The van der Waals surface area contributed by atoms with Gasteiger partial charge in [-0.25, -0.2) is 4.90 Å². The number of nitrogens with zero attached hydrogens (tertiary/aromatic N) is 2. The molecule has 2 aromatic carbocycles. The van der Waals surface area contributed by atoms with Crippen molar-refractivity contribution >= 4 is 52.0 Å². The summed E-state index contributed by atoms with van der Waals surface area (Å²) >= 11 is 6.83. The van der Waals surface area contributed by atoms with E-state index in [1.807, 2.05) is 18.2 Å². The molecule has 4 rings (SSSR count). The quantitative estimate of drug-likeness (QED) is 0.595. The van der Waals surface area contributed by atoms with Crippen LogP contribution in [0.5, 0.6) is 5.75 Å². The molecular weight excluding hydrogens is 408 g/mol. The number of ether oxygens (including phenoxy) is 1. The number of thioether (sulfide) groups is 1. The van der Waals surface area contributed by atoms with E-state index in [1.54, 1.807) is 37.5 Å². The van der Waals surface area contributed by atoms with Crippen molar-refractivity contribution in [2.24, 2.45) is 0 Å². The van der Waals surface area contributed by atoms with Gasteiger partial charge in [-0.2, -0.15) is 0 Å². The van der Waals surface area contributed by atoms with Crippen LogP contribution < -0.4 is 14.5 Å². The van der Waals surface area contributed by atoms with E-state index in [0.29, 0.717) is 21.4 Å². The van der Waals surface area contributed by atoms with Crippen LogP contribution in [0.2, 0.25) is 5.02 Å². The van der Waals surface area contributed by atoms with Crippen molar-refractivity contribution in [3.8, 4) is 5.75 Å². The van der Waals surface area contributed by atoms with Crippen LogP contribution in [0.4, 0.5) is 16.2 Å². The van der Waals surface area contributed by atoms with Crippen LogP contribution in [-0.2, 0) is 4.79 Å². The van der Waals surface area contributed by atoms with Gasteiger partial charge in [0.15, 0.2) is 0 Å². The lowest BCUT2D eigenvalue weighted by molar-refractivity contribution is -0.113. The van der Waals surface area contributed by atoms with E-state index in [-0.39, 0.29) is 11.1 Å². The van der Waals surface area contributed by atoms with Gasteiger partial charge in [0.25, 0.3) is 11.1 Å². The second-order valence-corrected chi connectivity index (χ2v) is 8.40. The first-order chi connectivity index (χ1) is 14.1. The molecule has 0 atom stereocenters. The SMILES string of the molecule is COc1cc(N2CCCCC2)ccc1/C=C1/SC(=O)N(c2ccc(Cl)cc2)C1=O. The smallest absolute Gasteiger partial charge is 0.298 e. The molecule has 2 heterocycles. The van der Waals surface area contributed by atoms with Gasteiger partial charge >= 0.3 is 0 Å². The van der Waals surface area contributed by atoms with Crippen LogP contribution in [0, 0.1) is 0 Å². The summed E-state index contributed by atoms with van der Waals surface area (Å²) in [4.78, 5) is 29.2. The summed E-state index contributed by atoms with van der Waals surface area (Å²) in [6.07, 6.45) is 5.39. The molecule has 2 aliphatic heterocycles. The minimum Gasteiger partial charge on any atom is -0.496 e. The highest BCUT2D eigenvalue weighted by molar-refractivity contribution is 8.19. The number of carbonyl (C=O) groups excluding carboxylic acids is 2. The molecule has 0 radical (unpaired) electrons. The number of halogens is 1. The number of piperidine rings is 1. The summed E-state index contributed by atoms with van der Waals surface area (Å²) in [6.45, 7) is 2.09. The van der Waals surface area contributed by atoms with Crippen molar-refractivity contribution in [2.45, 2.75) is 19.3 Å². The summed E-state index contributed by atoms with van der Waals surface area (Å²) in [5.74, 6) is 0.343. The minimum absolute atomic E-state index is 0.326. The number of anilines is 2. The molecular formula is C22H21ClN2O3S. The summed E-state index contributed by atoms with van der Waals surface area (Å²) in [6, 6.07) is 12.6. The molecule has 2 saturated heterocycles. The molecule has 29 heavy (non-hydrogen) atoms. The first-order valence-corrected chi connectivity index (χ1v) is 10.7. The fourth-order valence-corrected chi connectivity index (χ4v) is 4.55. The first kappa shape index (κ1) is 19.9. The Hall–Kier alpha value is -2.44. The van der Waals surface area contributed by atoms with Crippen molar-refractivity contribution in [1.29, 1.82) is 0 Å². The Bertz CT molecular complexity index is 969. The standard InChI is InChI=1S/C22H21ClN2O3S/c1-28-19-14-18(24-11-3-2-4-12-24)8-5-15(19)13-20-21(26)25(22(27)29-20)17-9-6-16(23)7-10-17/h5-10,13-14H,2-4,11-12H2,1H3/b20-13+. The molecule has 0 N–H and O–H groups in total. The average Bonchev–Trinajstić information content (AvgIpc) is 3.02. The predicted molar refractivity (Wildman–Crippen MR) is 119 cm³/mol. The van der Waals surface area contributed by atoms with Gasteiger partial charge in [-0.1, -0.05) is 11.6 Å². The van der Waals surface area contributed by atoms with Gasteiger partial charge in [-0.15, -0.1) is 0 Å². The number of hydrogen-bond donors (Lipinski definition) is 0. The maximum Gasteiger partial charge on any atom is 0.298 e. The highest BCUT2D eigenvalue weighted by atomic mass is 35.5. The molecule has 5 nitrogen and oxygen atoms in total. The van der Waals surface area contributed by atoms with Crippen LogP contribution >= 0.6 is 23.4 Å². The molecule has 150 valence electrons. The molecule has 7 heteroatoms. The van der Waals surface area contributed by atoms with Gasteiger partial charge in [0.2, 0.25) is 0 Å². The lowest BCUT2D eigenvalue weighted by Crippen LogP contribution is -2.29. The maximum atomic E-state index is 12.9. The summed E-state index contributed by atoms with van der Waals surface area (Å²) in [7, 11) is 1.62. The van der Waals surface area contributed by atoms with Crippen LogP contribution in [0.1, 0.15) is 24.8 Å². The number of amides is 2. The monoisotopic (exact) mass is 428 g/mol. The maximum absolute atomic E-state index is 12.9. The van der Waals surface area contributed by atoms with Crippen LogP contribution in [-0.4, -0.2) is 31.3 Å².